The molecule has 0 aliphatic heterocycles. The molecule has 0 fully saturated rings. The molecule has 0 aliphatic rings. The number of nitrogens with zero attached hydrogens (tertiary/aromatic N) is 1. The molecule has 1 atom stereocenters. The van der Waals surface area contributed by atoms with Crippen molar-refractivity contribution < 1.29 is 17.9 Å². The lowest BCUT2D eigenvalue weighted by Gasteiger charge is -2.25. The Balaban J connectivity index is 2.99. The van der Waals surface area contributed by atoms with Crippen LogP contribution in [-0.4, -0.2) is 51.4 Å². The molecule has 0 bridgehead atoms. The Morgan fingerprint density at radius 1 is 1.45 bits per heavy atom. The minimum atomic E-state index is -3.14. The summed E-state index contributed by atoms with van der Waals surface area (Å²) in [4.78, 5) is 13.8. The third kappa shape index (κ3) is 4.49. The summed E-state index contributed by atoms with van der Waals surface area (Å²) in [5, 5.41) is 0. The van der Waals surface area contributed by atoms with Crippen LogP contribution in [0.5, 0.6) is 5.75 Å². The van der Waals surface area contributed by atoms with Gasteiger partial charge in [-0.25, -0.2) is 8.42 Å². The monoisotopic (exact) mass is 363 g/mol. The van der Waals surface area contributed by atoms with Crippen LogP contribution in [0.3, 0.4) is 0 Å². The number of benzene rings is 1. The summed E-state index contributed by atoms with van der Waals surface area (Å²) in [5.41, 5.74) is 0.437. The molecule has 0 saturated carbocycles. The summed E-state index contributed by atoms with van der Waals surface area (Å²) >= 11 is 3.32. The largest absolute Gasteiger partial charge is 0.497 e. The van der Waals surface area contributed by atoms with Crippen molar-refractivity contribution in [1.29, 1.82) is 0 Å². The van der Waals surface area contributed by atoms with Crippen LogP contribution >= 0.6 is 15.9 Å². The highest BCUT2D eigenvalue weighted by atomic mass is 79.9. The van der Waals surface area contributed by atoms with Crippen LogP contribution in [-0.2, 0) is 9.84 Å². The second kappa shape index (κ2) is 6.58. The standard InChI is InChI=1S/C13H18BrNO4S/c1-9(8-20(4,17)18)15(2)13(16)11-7-10(19-3)5-6-12(11)14/h5-7,9H,8H2,1-4H3. The number of sulfone groups is 1. The summed E-state index contributed by atoms with van der Waals surface area (Å²) in [7, 11) is -0.0286. The van der Waals surface area contributed by atoms with Gasteiger partial charge in [0.25, 0.3) is 5.91 Å². The molecule has 0 saturated heterocycles. The normalized spacial score (nSPS) is 12.8. The van der Waals surface area contributed by atoms with Crippen molar-refractivity contribution in [3.63, 3.8) is 0 Å². The maximum atomic E-state index is 12.4. The van der Waals surface area contributed by atoms with Crippen molar-refractivity contribution in [2.24, 2.45) is 0 Å². The highest BCUT2D eigenvalue weighted by Crippen LogP contribution is 2.24. The quantitative estimate of drug-likeness (QED) is 0.801. The number of halogens is 1. The third-order valence-corrected chi connectivity index (χ3v) is 4.71. The van der Waals surface area contributed by atoms with E-state index in [1.807, 2.05) is 0 Å². The van der Waals surface area contributed by atoms with E-state index in [2.05, 4.69) is 15.9 Å². The molecule has 1 rings (SSSR count). The summed E-state index contributed by atoms with van der Waals surface area (Å²) < 4.78 is 28.3. The Bertz CT molecular complexity index is 600. The first-order chi connectivity index (χ1) is 9.15. The number of rotatable bonds is 5. The van der Waals surface area contributed by atoms with Crippen LogP contribution < -0.4 is 4.74 Å². The first kappa shape index (κ1) is 17.0. The van der Waals surface area contributed by atoms with E-state index >= 15 is 0 Å². The molecule has 0 aliphatic carbocycles. The van der Waals surface area contributed by atoms with Gasteiger partial charge < -0.3 is 9.64 Å². The van der Waals surface area contributed by atoms with E-state index in [-0.39, 0.29) is 11.7 Å². The van der Waals surface area contributed by atoms with E-state index in [0.29, 0.717) is 15.8 Å². The Kier molecular flexibility index (Phi) is 5.59. The highest BCUT2D eigenvalue weighted by Gasteiger charge is 2.22. The van der Waals surface area contributed by atoms with Gasteiger partial charge in [-0.15, -0.1) is 0 Å². The molecule has 0 radical (unpaired) electrons. The van der Waals surface area contributed by atoms with Crippen molar-refractivity contribution in [1.82, 2.24) is 4.90 Å². The van der Waals surface area contributed by atoms with Gasteiger partial charge >= 0.3 is 0 Å². The van der Waals surface area contributed by atoms with E-state index < -0.39 is 15.9 Å². The summed E-state index contributed by atoms with van der Waals surface area (Å²) in [6.07, 6.45) is 1.16. The molecule has 5 nitrogen and oxygen atoms in total. The minimum absolute atomic E-state index is 0.0726. The molecule has 1 amide bonds. The van der Waals surface area contributed by atoms with Gasteiger partial charge in [-0.3, -0.25) is 4.79 Å². The number of ether oxygens (including phenoxy) is 1. The van der Waals surface area contributed by atoms with Gasteiger partial charge in [-0.2, -0.15) is 0 Å². The van der Waals surface area contributed by atoms with Crippen molar-refractivity contribution in [2.75, 3.05) is 26.2 Å². The molecule has 1 aromatic rings. The average molecular weight is 364 g/mol. The lowest BCUT2D eigenvalue weighted by molar-refractivity contribution is 0.0755. The zero-order valence-electron chi connectivity index (χ0n) is 11.9. The molecule has 7 heteroatoms. The van der Waals surface area contributed by atoms with Crippen molar-refractivity contribution in [3.8, 4) is 5.75 Å². The first-order valence-corrected chi connectivity index (χ1v) is 8.79. The Labute approximate surface area is 128 Å². The molecular weight excluding hydrogens is 346 g/mol. The van der Waals surface area contributed by atoms with Crippen molar-refractivity contribution in [3.05, 3.63) is 28.2 Å². The maximum absolute atomic E-state index is 12.4. The summed E-state index contributed by atoms with van der Waals surface area (Å²) in [6.45, 7) is 1.70. The van der Waals surface area contributed by atoms with Gasteiger partial charge in [0.2, 0.25) is 0 Å². The minimum Gasteiger partial charge on any atom is -0.497 e. The van der Waals surface area contributed by atoms with Crippen molar-refractivity contribution >= 4 is 31.7 Å². The van der Waals surface area contributed by atoms with E-state index in [1.165, 1.54) is 12.0 Å². The van der Waals surface area contributed by atoms with E-state index in [0.717, 1.165) is 6.26 Å². The molecule has 0 spiro atoms. The van der Waals surface area contributed by atoms with Crippen LogP contribution in [0.2, 0.25) is 0 Å². The van der Waals surface area contributed by atoms with Gasteiger partial charge in [0, 0.05) is 23.8 Å². The fraction of sp³-hybridized carbons (Fsp3) is 0.462. The zero-order chi connectivity index (χ0) is 15.5. The number of carbonyl (C=O) groups excluding carboxylic acids is 1. The smallest absolute Gasteiger partial charge is 0.255 e. The van der Waals surface area contributed by atoms with Crippen LogP contribution in [0.15, 0.2) is 22.7 Å². The van der Waals surface area contributed by atoms with Crippen LogP contribution in [0.1, 0.15) is 17.3 Å². The number of amides is 1. The lowest BCUT2D eigenvalue weighted by atomic mass is 10.1. The Hall–Kier alpha value is -1.08. The zero-order valence-corrected chi connectivity index (χ0v) is 14.3. The van der Waals surface area contributed by atoms with Crippen LogP contribution in [0, 0.1) is 0 Å². The summed E-state index contributed by atoms with van der Waals surface area (Å²) in [6, 6.07) is 4.67. The van der Waals surface area contributed by atoms with Gasteiger partial charge in [0.1, 0.15) is 15.6 Å². The van der Waals surface area contributed by atoms with Gasteiger partial charge in [0.15, 0.2) is 0 Å². The summed E-state index contributed by atoms with van der Waals surface area (Å²) in [5.74, 6) is 0.240. The highest BCUT2D eigenvalue weighted by molar-refractivity contribution is 9.10. The molecule has 1 aromatic carbocycles. The molecule has 112 valence electrons. The van der Waals surface area contributed by atoms with E-state index in [4.69, 9.17) is 4.74 Å². The number of hydrogen-bond donors (Lipinski definition) is 0. The van der Waals surface area contributed by atoms with E-state index in [1.54, 1.807) is 32.2 Å². The fourth-order valence-corrected chi connectivity index (χ4v) is 3.25. The first-order valence-electron chi connectivity index (χ1n) is 5.94. The van der Waals surface area contributed by atoms with Crippen molar-refractivity contribution in [2.45, 2.75) is 13.0 Å². The molecule has 0 aromatic heterocycles. The molecular formula is C13H18BrNO4S. The SMILES string of the molecule is COc1ccc(Br)c(C(=O)N(C)C(C)CS(C)(=O)=O)c1. The number of hydrogen-bond acceptors (Lipinski definition) is 4. The molecule has 20 heavy (non-hydrogen) atoms. The predicted molar refractivity (Wildman–Crippen MR) is 82.0 cm³/mol. The van der Waals surface area contributed by atoms with Gasteiger partial charge in [0.05, 0.1) is 18.4 Å². The molecule has 1 unspecified atom stereocenters. The Morgan fingerprint density at radius 3 is 2.55 bits per heavy atom. The molecule has 0 N–H and O–H groups in total. The van der Waals surface area contributed by atoms with Gasteiger partial charge in [-0.05, 0) is 41.1 Å². The number of carbonyl (C=O) groups is 1. The van der Waals surface area contributed by atoms with Gasteiger partial charge in [-0.1, -0.05) is 0 Å². The second-order valence-corrected chi connectivity index (χ2v) is 7.74. The maximum Gasteiger partial charge on any atom is 0.255 e. The topological polar surface area (TPSA) is 63.7 Å². The second-order valence-electron chi connectivity index (χ2n) is 4.70. The fourth-order valence-electron chi connectivity index (χ4n) is 1.74. The average Bonchev–Trinajstić information content (AvgIpc) is 2.35. The van der Waals surface area contributed by atoms with E-state index in [9.17, 15) is 13.2 Å². The Morgan fingerprint density at radius 2 is 2.05 bits per heavy atom. The third-order valence-electron chi connectivity index (χ3n) is 2.93. The van der Waals surface area contributed by atoms with Crippen LogP contribution in [0.25, 0.3) is 0 Å². The lowest BCUT2D eigenvalue weighted by Crippen LogP contribution is -2.39. The predicted octanol–water partition coefficient (Wildman–Crippen LogP) is 1.96. The molecule has 0 heterocycles. The van der Waals surface area contributed by atoms with Crippen LogP contribution in [0.4, 0.5) is 0 Å². The number of methoxy groups -OCH3 is 1.